The predicted molar refractivity (Wildman–Crippen MR) is 99.3 cm³/mol. The van der Waals surface area contributed by atoms with E-state index in [0.29, 0.717) is 45.3 Å². The summed E-state index contributed by atoms with van der Waals surface area (Å²) in [6, 6.07) is 6.47. The van der Waals surface area contributed by atoms with Crippen LogP contribution in [0.15, 0.2) is 24.3 Å². The Morgan fingerprint density at radius 2 is 0.897 bits per heavy atom. The second kappa shape index (κ2) is 9.68. The first kappa shape index (κ1) is 21.9. The Kier molecular flexibility index (Phi) is 7.30. The summed E-state index contributed by atoms with van der Waals surface area (Å²) in [6.07, 6.45) is -0.441. The van der Waals surface area contributed by atoms with Crippen LogP contribution in [-0.2, 0) is 28.9 Å². The molecule has 0 aliphatic rings. The summed E-state index contributed by atoms with van der Waals surface area (Å²) in [7, 11) is 5.84. The summed E-state index contributed by atoms with van der Waals surface area (Å²) in [5.41, 5.74) is 2.19. The second-order valence-electron chi connectivity index (χ2n) is 6.23. The Bertz CT molecular complexity index is 831. The van der Waals surface area contributed by atoms with Gasteiger partial charge in [0.25, 0.3) is 0 Å². The molecule has 0 aliphatic carbocycles. The van der Waals surface area contributed by atoms with E-state index in [2.05, 4.69) is 0 Å². The fraction of sp³-hybridized carbons (Fsp3) is 0.333. The first-order valence-corrected chi connectivity index (χ1v) is 8.70. The summed E-state index contributed by atoms with van der Waals surface area (Å²) in [5, 5.41) is 22.4. The molecule has 2 aromatic carbocycles. The average Bonchev–Trinajstić information content (AvgIpc) is 2.68. The van der Waals surface area contributed by atoms with Gasteiger partial charge < -0.3 is 38.7 Å². The van der Waals surface area contributed by atoms with Crippen LogP contribution in [-0.4, -0.2) is 40.4 Å². The number of carbonyl (C=O) groups is 2. The molecule has 0 fully saturated rings. The lowest BCUT2D eigenvalue weighted by Gasteiger charge is -2.19. The molecule has 156 valence electrons. The minimum absolute atomic E-state index is 0.228. The number of ether oxygens (including phenoxy) is 4. The number of carbonyl (C=O) groups excluding carboxylic acids is 2. The van der Waals surface area contributed by atoms with Crippen molar-refractivity contribution in [2.75, 3.05) is 28.4 Å². The smallest absolute Gasteiger partial charge is 0.161 e. The van der Waals surface area contributed by atoms with Gasteiger partial charge in [-0.3, -0.25) is 0 Å². The Morgan fingerprint density at radius 3 is 1.14 bits per heavy atom. The average molecular weight is 402 g/mol. The highest BCUT2D eigenvalue weighted by Gasteiger charge is 2.16. The lowest BCUT2D eigenvalue weighted by Crippen LogP contribution is -2.25. The standard InChI is InChI=1S/C21H24O8/c1-26-16-6-12(14(10-20(22)23)8-18(16)28-3)5-13-7-17(27-2)19(29-4)9-15(13)11-21(24)25/h6-9H,5,10-11H2,1-4H3,(H,22,23)(H,24,25)/p-2. The van der Waals surface area contributed by atoms with Gasteiger partial charge in [0.2, 0.25) is 0 Å². The van der Waals surface area contributed by atoms with E-state index in [-0.39, 0.29) is 19.3 Å². The van der Waals surface area contributed by atoms with Crippen molar-refractivity contribution in [2.45, 2.75) is 19.3 Å². The van der Waals surface area contributed by atoms with Gasteiger partial charge in [-0.2, -0.15) is 0 Å². The number of carboxylic acid groups (broad SMARTS) is 2. The van der Waals surface area contributed by atoms with Crippen LogP contribution >= 0.6 is 0 Å². The van der Waals surface area contributed by atoms with Gasteiger partial charge in [0.15, 0.2) is 23.0 Å². The summed E-state index contributed by atoms with van der Waals surface area (Å²) in [6.45, 7) is 0. The van der Waals surface area contributed by atoms with Crippen LogP contribution in [0.5, 0.6) is 23.0 Å². The van der Waals surface area contributed by atoms with Crippen molar-refractivity contribution in [1.82, 2.24) is 0 Å². The predicted octanol–water partition coefficient (Wildman–Crippen LogP) is -0.103. The maximum absolute atomic E-state index is 11.2. The molecule has 0 unspecified atom stereocenters. The van der Waals surface area contributed by atoms with E-state index < -0.39 is 11.9 Å². The van der Waals surface area contributed by atoms with Crippen LogP contribution in [0.4, 0.5) is 0 Å². The molecule has 0 radical (unpaired) electrons. The molecule has 0 saturated heterocycles. The fourth-order valence-corrected chi connectivity index (χ4v) is 3.10. The van der Waals surface area contributed by atoms with E-state index in [1.54, 1.807) is 24.3 Å². The molecule has 2 aromatic rings. The molecule has 0 bridgehead atoms. The molecule has 8 heteroatoms. The number of aliphatic carboxylic acids is 2. The minimum atomic E-state index is -1.25. The van der Waals surface area contributed by atoms with Crippen LogP contribution < -0.4 is 29.2 Å². The number of rotatable bonds is 10. The lowest BCUT2D eigenvalue weighted by molar-refractivity contribution is -0.306. The molecule has 2 rings (SSSR count). The first-order valence-electron chi connectivity index (χ1n) is 8.70. The maximum atomic E-state index is 11.2. The third-order valence-corrected chi connectivity index (χ3v) is 4.46. The van der Waals surface area contributed by atoms with Gasteiger partial charge in [-0.1, -0.05) is 0 Å². The van der Waals surface area contributed by atoms with Crippen molar-refractivity contribution in [3.63, 3.8) is 0 Å². The maximum Gasteiger partial charge on any atom is 0.161 e. The largest absolute Gasteiger partial charge is 0.550 e. The third-order valence-electron chi connectivity index (χ3n) is 4.46. The normalized spacial score (nSPS) is 10.3. The molecule has 0 amide bonds. The van der Waals surface area contributed by atoms with Gasteiger partial charge in [0.05, 0.1) is 28.4 Å². The quantitative estimate of drug-likeness (QED) is 0.541. The molecule has 8 nitrogen and oxygen atoms in total. The number of carboxylic acids is 2. The number of benzene rings is 2. The van der Waals surface area contributed by atoms with Crippen molar-refractivity contribution in [3.8, 4) is 23.0 Å². The fourth-order valence-electron chi connectivity index (χ4n) is 3.10. The van der Waals surface area contributed by atoms with E-state index >= 15 is 0 Å². The Morgan fingerprint density at radius 1 is 0.621 bits per heavy atom. The van der Waals surface area contributed by atoms with Crippen molar-refractivity contribution in [3.05, 3.63) is 46.5 Å². The molecule has 0 aliphatic heterocycles. The highest BCUT2D eigenvalue weighted by Crippen LogP contribution is 2.35. The Hall–Kier alpha value is -3.42. The molecule has 0 saturated carbocycles. The molecular formula is C21H22O8-2. The van der Waals surface area contributed by atoms with E-state index in [9.17, 15) is 19.8 Å². The monoisotopic (exact) mass is 402 g/mol. The van der Waals surface area contributed by atoms with Gasteiger partial charge in [-0.05, 0) is 52.9 Å². The molecule has 0 spiro atoms. The molecule has 0 N–H and O–H groups in total. The zero-order valence-electron chi connectivity index (χ0n) is 16.7. The van der Waals surface area contributed by atoms with Gasteiger partial charge in [-0.25, -0.2) is 0 Å². The van der Waals surface area contributed by atoms with Gasteiger partial charge in [-0.15, -0.1) is 0 Å². The van der Waals surface area contributed by atoms with Gasteiger partial charge in [0, 0.05) is 24.8 Å². The van der Waals surface area contributed by atoms with Crippen molar-refractivity contribution in [1.29, 1.82) is 0 Å². The molecule has 29 heavy (non-hydrogen) atoms. The number of methoxy groups -OCH3 is 4. The number of hydrogen-bond donors (Lipinski definition) is 0. The van der Waals surface area contributed by atoms with Crippen LogP contribution in [0.3, 0.4) is 0 Å². The molecule has 0 aromatic heterocycles. The van der Waals surface area contributed by atoms with E-state index in [4.69, 9.17) is 18.9 Å². The summed E-state index contributed by atoms with van der Waals surface area (Å²) < 4.78 is 21.1. The zero-order valence-corrected chi connectivity index (χ0v) is 16.7. The van der Waals surface area contributed by atoms with Crippen LogP contribution in [0, 0.1) is 0 Å². The van der Waals surface area contributed by atoms with Crippen LogP contribution in [0.2, 0.25) is 0 Å². The minimum Gasteiger partial charge on any atom is -0.550 e. The lowest BCUT2D eigenvalue weighted by atomic mass is 9.93. The summed E-state index contributed by atoms with van der Waals surface area (Å²) in [4.78, 5) is 22.4. The van der Waals surface area contributed by atoms with Crippen LogP contribution in [0.25, 0.3) is 0 Å². The first-order chi connectivity index (χ1) is 13.8. The topological polar surface area (TPSA) is 117 Å². The van der Waals surface area contributed by atoms with Crippen molar-refractivity contribution in [2.24, 2.45) is 0 Å². The molecule has 0 atom stereocenters. The SMILES string of the molecule is COc1cc(CC(=O)[O-])c(Cc2cc(OC)c(OC)cc2CC(=O)[O-])cc1OC. The third kappa shape index (κ3) is 5.31. The Labute approximate surface area is 168 Å². The molecule has 0 heterocycles. The second-order valence-corrected chi connectivity index (χ2v) is 6.23. The van der Waals surface area contributed by atoms with E-state index in [0.717, 1.165) is 0 Å². The Balaban J connectivity index is 2.61. The summed E-state index contributed by atoms with van der Waals surface area (Å²) >= 11 is 0. The van der Waals surface area contributed by atoms with Gasteiger partial charge in [0.1, 0.15) is 0 Å². The van der Waals surface area contributed by atoms with Crippen molar-refractivity contribution < 1.29 is 38.7 Å². The summed E-state index contributed by atoms with van der Waals surface area (Å²) in [5.74, 6) is -0.885. The zero-order chi connectivity index (χ0) is 21.6. The van der Waals surface area contributed by atoms with E-state index in [1.807, 2.05) is 0 Å². The van der Waals surface area contributed by atoms with Crippen LogP contribution in [0.1, 0.15) is 22.3 Å². The molecular weight excluding hydrogens is 380 g/mol. The van der Waals surface area contributed by atoms with E-state index in [1.165, 1.54) is 28.4 Å². The highest BCUT2D eigenvalue weighted by atomic mass is 16.5. The highest BCUT2D eigenvalue weighted by molar-refractivity contribution is 5.71. The number of hydrogen-bond acceptors (Lipinski definition) is 8. The van der Waals surface area contributed by atoms with Crippen molar-refractivity contribution >= 4 is 11.9 Å². The van der Waals surface area contributed by atoms with Gasteiger partial charge >= 0.3 is 0 Å².